The molecule has 0 fully saturated rings. The summed E-state index contributed by atoms with van der Waals surface area (Å²) in [6.07, 6.45) is 2.00. The molecule has 4 rings (SSSR count). The van der Waals surface area contributed by atoms with Crippen molar-refractivity contribution >= 4 is 22.6 Å². The lowest BCUT2D eigenvalue weighted by molar-refractivity contribution is 0.252. The van der Waals surface area contributed by atoms with Crippen molar-refractivity contribution in [2.75, 3.05) is 32.7 Å². The van der Waals surface area contributed by atoms with Crippen molar-refractivity contribution in [3.63, 3.8) is 0 Å². The van der Waals surface area contributed by atoms with Gasteiger partial charge in [-0.05, 0) is 60.5 Å². The first-order valence-corrected chi connectivity index (χ1v) is 11.2. The average Bonchev–Trinajstić information content (AvgIpc) is 3.29. The lowest BCUT2D eigenvalue weighted by Gasteiger charge is -2.20. The zero-order valence-corrected chi connectivity index (χ0v) is 19.6. The van der Waals surface area contributed by atoms with Gasteiger partial charge in [-0.25, -0.2) is 4.79 Å². The van der Waals surface area contributed by atoms with Gasteiger partial charge in [0.1, 0.15) is 5.75 Å². The Kier molecular flexibility index (Phi) is 7.22. The zero-order chi connectivity index (χ0) is 23.9. The molecular formula is C27H29N3O4. The average molecular weight is 460 g/mol. The van der Waals surface area contributed by atoms with Gasteiger partial charge in [0.2, 0.25) is 0 Å². The molecule has 1 aromatic heterocycles. The molecule has 34 heavy (non-hydrogen) atoms. The van der Waals surface area contributed by atoms with Crippen LogP contribution in [-0.2, 0) is 0 Å². The summed E-state index contributed by atoms with van der Waals surface area (Å²) in [5.74, 6) is 1.96. The Balaban J connectivity index is 1.57. The Labute approximate surface area is 199 Å². The fourth-order valence-corrected chi connectivity index (χ4v) is 4.03. The van der Waals surface area contributed by atoms with Crippen molar-refractivity contribution < 1.29 is 19.0 Å². The second-order valence-electron chi connectivity index (χ2n) is 7.75. The molecule has 3 aromatic carbocycles. The highest BCUT2D eigenvalue weighted by Crippen LogP contribution is 2.35. The Bertz CT molecular complexity index is 1250. The third-order valence-corrected chi connectivity index (χ3v) is 5.70. The van der Waals surface area contributed by atoms with E-state index in [1.165, 1.54) is 0 Å². The number of rotatable bonds is 9. The largest absolute Gasteiger partial charge is 0.494 e. The van der Waals surface area contributed by atoms with E-state index in [0.29, 0.717) is 30.3 Å². The molecule has 0 saturated carbocycles. The van der Waals surface area contributed by atoms with E-state index < -0.39 is 0 Å². The van der Waals surface area contributed by atoms with Gasteiger partial charge in [-0.2, -0.15) is 0 Å². The summed E-state index contributed by atoms with van der Waals surface area (Å²) in [5.41, 5.74) is 3.82. The molecule has 1 heterocycles. The van der Waals surface area contributed by atoms with Gasteiger partial charge >= 0.3 is 6.03 Å². The number of hydrogen-bond donors (Lipinski definition) is 3. The van der Waals surface area contributed by atoms with Crippen LogP contribution in [0.5, 0.6) is 17.2 Å². The molecule has 0 saturated heterocycles. The Morgan fingerprint density at radius 1 is 0.971 bits per heavy atom. The molecule has 2 amide bonds. The van der Waals surface area contributed by atoms with E-state index in [2.05, 4.69) is 21.7 Å². The standard InChI is InChI=1S/C27H29N3O4/c1-4-34-20-12-10-19(11-13-20)30-27(31)29-16-22(18-9-14-25(32-2)26(15-18)33-3)23-17-28-24-8-6-5-7-21(23)24/h5-15,17,22,28H,4,16H2,1-3H3,(H2,29,30,31). The second-order valence-corrected chi connectivity index (χ2v) is 7.75. The maximum absolute atomic E-state index is 12.7. The number of urea groups is 1. The van der Waals surface area contributed by atoms with Crippen LogP contribution in [0.4, 0.5) is 10.5 Å². The van der Waals surface area contributed by atoms with Crippen molar-refractivity contribution in [1.82, 2.24) is 10.3 Å². The first kappa shape index (κ1) is 23.0. The normalized spacial score (nSPS) is 11.6. The predicted molar refractivity (Wildman–Crippen MR) is 134 cm³/mol. The molecule has 0 aliphatic heterocycles. The topological polar surface area (TPSA) is 84.6 Å². The van der Waals surface area contributed by atoms with Crippen LogP contribution in [0, 0.1) is 0 Å². The van der Waals surface area contributed by atoms with Crippen molar-refractivity contribution in [3.8, 4) is 17.2 Å². The van der Waals surface area contributed by atoms with Crippen LogP contribution >= 0.6 is 0 Å². The molecule has 1 unspecified atom stereocenters. The number of H-pyrrole nitrogens is 1. The molecular weight excluding hydrogens is 430 g/mol. The van der Waals surface area contributed by atoms with Gasteiger partial charge in [0, 0.05) is 35.2 Å². The van der Waals surface area contributed by atoms with Gasteiger partial charge in [-0.15, -0.1) is 0 Å². The summed E-state index contributed by atoms with van der Waals surface area (Å²) in [6.45, 7) is 2.92. The Morgan fingerprint density at radius 2 is 1.74 bits per heavy atom. The van der Waals surface area contributed by atoms with Crippen LogP contribution in [0.1, 0.15) is 24.0 Å². The van der Waals surface area contributed by atoms with Gasteiger partial charge in [0.25, 0.3) is 0 Å². The van der Waals surface area contributed by atoms with Gasteiger partial charge < -0.3 is 29.8 Å². The van der Waals surface area contributed by atoms with E-state index in [-0.39, 0.29) is 11.9 Å². The van der Waals surface area contributed by atoms with Crippen molar-refractivity contribution in [3.05, 3.63) is 84.1 Å². The number of hydrogen-bond acceptors (Lipinski definition) is 4. The molecule has 0 spiro atoms. The third kappa shape index (κ3) is 5.09. The number of ether oxygens (including phenoxy) is 3. The lowest BCUT2D eigenvalue weighted by Crippen LogP contribution is -2.32. The van der Waals surface area contributed by atoms with Crippen molar-refractivity contribution in [1.29, 1.82) is 0 Å². The monoisotopic (exact) mass is 459 g/mol. The highest BCUT2D eigenvalue weighted by molar-refractivity contribution is 5.89. The minimum absolute atomic E-state index is 0.109. The fraction of sp³-hybridized carbons (Fsp3) is 0.222. The van der Waals surface area contributed by atoms with Gasteiger partial charge in [0.05, 0.1) is 20.8 Å². The Morgan fingerprint density at radius 3 is 2.47 bits per heavy atom. The van der Waals surface area contributed by atoms with Crippen LogP contribution in [0.2, 0.25) is 0 Å². The van der Waals surface area contributed by atoms with Crippen molar-refractivity contribution in [2.45, 2.75) is 12.8 Å². The molecule has 0 radical (unpaired) electrons. The predicted octanol–water partition coefficient (Wildman–Crippen LogP) is 5.54. The highest BCUT2D eigenvalue weighted by Gasteiger charge is 2.21. The van der Waals surface area contributed by atoms with Gasteiger partial charge in [0.15, 0.2) is 11.5 Å². The summed E-state index contributed by atoms with van der Waals surface area (Å²) in [7, 11) is 3.23. The van der Waals surface area contributed by atoms with Gasteiger partial charge in [-0.1, -0.05) is 24.3 Å². The number of benzene rings is 3. The third-order valence-electron chi connectivity index (χ3n) is 5.70. The van der Waals surface area contributed by atoms with E-state index in [0.717, 1.165) is 27.8 Å². The number of nitrogens with one attached hydrogen (secondary N) is 3. The van der Waals surface area contributed by atoms with E-state index in [4.69, 9.17) is 14.2 Å². The van der Waals surface area contributed by atoms with E-state index >= 15 is 0 Å². The molecule has 3 N–H and O–H groups in total. The molecule has 0 aliphatic carbocycles. The molecule has 7 heteroatoms. The maximum atomic E-state index is 12.7. The molecule has 4 aromatic rings. The summed E-state index contributed by atoms with van der Waals surface area (Å²) in [4.78, 5) is 16.0. The van der Waals surface area contributed by atoms with Crippen LogP contribution in [0.3, 0.4) is 0 Å². The number of anilines is 1. The van der Waals surface area contributed by atoms with E-state index in [9.17, 15) is 4.79 Å². The summed E-state index contributed by atoms with van der Waals surface area (Å²) in [5, 5.41) is 7.01. The lowest BCUT2D eigenvalue weighted by atomic mass is 9.90. The smallest absolute Gasteiger partial charge is 0.319 e. The zero-order valence-electron chi connectivity index (χ0n) is 19.6. The number of aromatic amines is 1. The van der Waals surface area contributed by atoms with Crippen LogP contribution < -0.4 is 24.8 Å². The van der Waals surface area contributed by atoms with E-state index in [1.54, 1.807) is 14.2 Å². The number of amides is 2. The summed E-state index contributed by atoms with van der Waals surface area (Å²) < 4.78 is 16.4. The SMILES string of the molecule is CCOc1ccc(NC(=O)NCC(c2ccc(OC)c(OC)c2)c2c[nH]c3ccccc23)cc1. The first-order valence-electron chi connectivity index (χ1n) is 11.2. The van der Waals surface area contributed by atoms with Crippen molar-refractivity contribution in [2.24, 2.45) is 0 Å². The number of aromatic nitrogens is 1. The molecule has 1 atom stereocenters. The highest BCUT2D eigenvalue weighted by atomic mass is 16.5. The first-order chi connectivity index (χ1) is 16.6. The number of methoxy groups -OCH3 is 2. The number of para-hydroxylation sites is 1. The molecule has 176 valence electrons. The molecule has 7 nitrogen and oxygen atoms in total. The second kappa shape index (κ2) is 10.7. The number of fused-ring (bicyclic) bond motifs is 1. The number of carbonyl (C=O) groups excluding carboxylic acids is 1. The minimum Gasteiger partial charge on any atom is -0.494 e. The van der Waals surface area contributed by atoms with Crippen LogP contribution in [0.25, 0.3) is 10.9 Å². The summed E-state index contributed by atoms with van der Waals surface area (Å²) >= 11 is 0. The minimum atomic E-state index is -0.283. The van der Waals surface area contributed by atoms with Crippen LogP contribution in [0.15, 0.2) is 72.9 Å². The molecule has 0 bridgehead atoms. The summed E-state index contributed by atoms with van der Waals surface area (Å²) in [6, 6.07) is 21.0. The fourth-order valence-electron chi connectivity index (χ4n) is 4.03. The number of carbonyl (C=O) groups is 1. The van der Waals surface area contributed by atoms with Gasteiger partial charge in [-0.3, -0.25) is 0 Å². The van der Waals surface area contributed by atoms with E-state index in [1.807, 2.05) is 73.8 Å². The van der Waals surface area contributed by atoms with Crippen LogP contribution in [-0.4, -0.2) is 38.4 Å². The quantitative estimate of drug-likeness (QED) is 0.307. The molecule has 0 aliphatic rings. The maximum Gasteiger partial charge on any atom is 0.319 e. The Hall–Kier alpha value is -4.13.